The van der Waals surface area contributed by atoms with Crippen LogP contribution in [-0.2, 0) is 0 Å². The van der Waals surface area contributed by atoms with Gasteiger partial charge in [0.1, 0.15) is 5.75 Å². The molecule has 2 aromatic carbocycles. The molecule has 0 bridgehead atoms. The quantitative estimate of drug-likeness (QED) is 0.772. The van der Waals surface area contributed by atoms with Crippen molar-refractivity contribution >= 4 is 22.7 Å². The Morgan fingerprint density at radius 1 is 1.09 bits per heavy atom. The molecule has 0 radical (unpaired) electrons. The summed E-state index contributed by atoms with van der Waals surface area (Å²) >= 11 is 0. The first-order valence-electron chi connectivity index (χ1n) is 6.75. The minimum absolute atomic E-state index is 0.245. The highest BCUT2D eigenvalue weighted by atomic mass is 16.6. The van der Waals surface area contributed by atoms with Gasteiger partial charge in [0.05, 0.1) is 18.3 Å². The van der Waals surface area contributed by atoms with Crippen LogP contribution in [0.15, 0.2) is 48.5 Å². The van der Waals surface area contributed by atoms with Crippen molar-refractivity contribution in [3.63, 3.8) is 0 Å². The van der Waals surface area contributed by atoms with E-state index >= 15 is 0 Å². The Morgan fingerprint density at radius 3 is 2.65 bits per heavy atom. The summed E-state index contributed by atoms with van der Waals surface area (Å²) in [6, 6.07) is 13.7. The first kappa shape index (κ1) is 14.6. The van der Waals surface area contributed by atoms with Gasteiger partial charge in [0.2, 0.25) is 0 Å². The summed E-state index contributed by atoms with van der Waals surface area (Å²) in [7, 11) is 1.49. The fourth-order valence-electron chi connectivity index (χ4n) is 2.06. The number of fused-ring (bicyclic) bond motifs is 1. The highest BCUT2D eigenvalue weighted by Crippen LogP contribution is 2.31. The van der Waals surface area contributed by atoms with Crippen LogP contribution >= 0.6 is 0 Å². The van der Waals surface area contributed by atoms with E-state index in [1.165, 1.54) is 7.11 Å². The largest absolute Gasteiger partial charge is 0.503 e. The van der Waals surface area contributed by atoms with Crippen molar-refractivity contribution in [1.82, 2.24) is 10.2 Å². The maximum Gasteiger partial charge on any atom is 0.418 e. The fourth-order valence-corrected chi connectivity index (χ4v) is 2.06. The number of aromatic hydroxyl groups is 1. The number of carbonyl (C=O) groups excluding carboxylic acids is 1. The maximum atomic E-state index is 12.0. The average molecular weight is 311 g/mol. The van der Waals surface area contributed by atoms with Crippen molar-refractivity contribution in [2.75, 3.05) is 12.4 Å². The number of nitrogens with one attached hydrogen (secondary N) is 1. The molecule has 0 atom stereocenters. The van der Waals surface area contributed by atoms with E-state index in [4.69, 9.17) is 9.47 Å². The molecule has 1 amide bonds. The third-order valence-electron chi connectivity index (χ3n) is 3.14. The third kappa shape index (κ3) is 2.98. The molecule has 7 heteroatoms. The van der Waals surface area contributed by atoms with Crippen molar-refractivity contribution < 1.29 is 19.4 Å². The molecule has 0 saturated heterocycles. The number of para-hydroxylation sites is 2. The van der Waals surface area contributed by atoms with E-state index in [0.29, 0.717) is 22.3 Å². The van der Waals surface area contributed by atoms with E-state index in [1.54, 1.807) is 48.5 Å². The van der Waals surface area contributed by atoms with Gasteiger partial charge in [-0.05, 0) is 24.3 Å². The standard InChI is InChI=1S/C16H13N3O4/c1-22-13-9-5-4-8-12(13)17-16(21)23-15-14(20)10-6-2-3-7-11(10)18-19-15/h2-9H,1H3,(H,17,21)(H,18,20). The molecule has 3 rings (SSSR count). The normalized spacial score (nSPS) is 10.3. The van der Waals surface area contributed by atoms with E-state index < -0.39 is 6.09 Å². The Bertz CT molecular complexity index is 867. The molecule has 0 unspecified atom stereocenters. The molecular formula is C16H13N3O4. The molecule has 0 fully saturated rings. The lowest BCUT2D eigenvalue weighted by Crippen LogP contribution is -2.18. The van der Waals surface area contributed by atoms with Crippen molar-refractivity contribution in [3.8, 4) is 17.4 Å². The number of nitrogens with zero attached hydrogens (tertiary/aromatic N) is 2. The molecule has 0 spiro atoms. The highest BCUT2D eigenvalue weighted by Gasteiger charge is 2.15. The lowest BCUT2D eigenvalue weighted by atomic mass is 10.2. The van der Waals surface area contributed by atoms with Crippen molar-refractivity contribution in [2.45, 2.75) is 0 Å². The number of rotatable bonds is 3. The second-order valence-corrected chi connectivity index (χ2v) is 4.59. The average Bonchev–Trinajstić information content (AvgIpc) is 2.58. The Labute approximate surface area is 131 Å². The number of hydrogen-bond donors (Lipinski definition) is 2. The number of aromatic nitrogens is 2. The minimum Gasteiger partial charge on any atom is -0.503 e. The first-order valence-corrected chi connectivity index (χ1v) is 6.75. The summed E-state index contributed by atoms with van der Waals surface area (Å²) in [5.41, 5.74) is 0.940. The molecule has 1 heterocycles. The van der Waals surface area contributed by atoms with Crippen LogP contribution in [-0.4, -0.2) is 28.5 Å². The third-order valence-corrected chi connectivity index (χ3v) is 3.14. The van der Waals surface area contributed by atoms with Gasteiger partial charge in [-0.1, -0.05) is 24.3 Å². The van der Waals surface area contributed by atoms with E-state index in [0.717, 1.165) is 0 Å². The second-order valence-electron chi connectivity index (χ2n) is 4.59. The van der Waals surface area contributed by atoms with E-state index in [-0.39, 0.29) is 11.6 Å². The Balaban J connectivity index is 1.82. The summed E-state index contributed by atoms with van der Waals surface area (Å²) in [5, 5.41) is 20.7. The Kier molecular flexibility index (Phi) is 3.92. The van der Waals surface area contributed by atoms with Crippen LogP contribution in [0.1, 0.15) is 0 Å². The van der Waals surface area contributed by atoms with Gasteiger partial charge in [-0.25, -0.2) is 4.79 Å². The number of ether oxygens (including phenoxy) is 2. The van der Waals surface area contributed by atoms with Crippen LogP contribution < -0.4 is 14.8 Å². The second kappa shape index (κ2) is 6.18. The van der Waals surface area contributed by atoms with Crippen molar-refractivity contribution in [3.05, 3.63) is 48.5 Å². The minimum atomic E-state index is -0.811. The van der Waals surface area contributed by atoms with Gasteiger partial charge < -0.3 is 14.6 Å². The molecule has 0 saturated carbocycles. The molecule has 7 nitrogen and oxygen atoms in total. The molecule has 0 aliphatic rings. The predicted molar refractivity (Wildman–Crippen MR) is 83.8 cm³/mol. The van der Waals surface area contributed by atoms with Crippen LogP contribution in [0, 0.1) is 0 Å². The molecule has 23 heavy (non-hydrogen) atoms. The molecule has 1 aromatic heterocycles. The van der Waals surface area contributed by atoms with Gasteiger partial charge in [0, 0.05) is 5.39 Å². The van der Waals surface area contributed by atoms with Gasteiger partial charge in [-0.2, -0.15) is 0 Å². The summed E-state index contributed by atoms with van der Waals surface area (Å²) in [6.45, 7) is 0. The lowest BCUT2D eigenvalue weighted by molar-refractivity contribution is 0.210. The smallest absolute Gasteiger partial charge is 0.418 e. The van der Waals surface area contributed by atoms with Gasteiger partial charge in [0.25, 0.3) is 5.88 Å². The van der Waals surface area contributed by atoms with Gasteiger partial charge in [-0.15, -0.1) is 10.2 Å². The zero-order valence-corrected chi connectivity index (χ0v) is 12.2. The summed E-state index contributed by atoms with van der Waals surface area (Å²) in [6.07, 6.45) is -0.811. The fraction of sp³-hybridized carbons (Fsp3) is 0.0625. The topological polar surface area (TPSA) is 93.6 Å². The van der Waals surface area contributed by atoms with E-state index in [1.807, 2.05) is 0 Å². The SMILES string of the molecule is COc1ccccc1NC(=O)Oc1nnc2ccccc2c1O. The zero-order valence-electron chi connectivity index (χ0n) is 12.2. The summed E-state index contributed by atoms with van der Waals surface area (Å²) < 4.78 is 10.2. The zero-order chi connectivity index (χ0) is 16.2. The summed E-state index contributed by atoms with van der Waals surface area (Å²) in [5.74, 6) is -0.0276. The van der Waals surface area contributed by atoms with Crippen LogP contribution in [0.5, 0.6) is 17.4 Å². The monoisotopic (exact) mass is 311 g/mol. The number of anilines is 1. The first-order chi connectivity index (χ1) is 11.2. The molecule has 0 aliphatic heterocycles. The van der Waals surface area contributed by atoms with Crippen molar-refractivity contribution in [2.24, 2.45) is 0 Å². The van der Waals surface area contributed by atoms with Crippen LogP contribution in [0.4, 0.5) is 10.5 Å². The van der Waals surface area contributed by atoms with Crippen LogP contribution in [0.2, 0.25) is 0 Å². The predicted octanol–water partition coefficient (Wildman–Crippen LogP) is 2.95. The van der Waals surface area contributed by atoms with Gasteiger partial charge >= 0.3 is 6.09 Å². The van der Waals surface area contributed by atoms with Crippen LogP contribution in [0.25, 0.3) is 10.9 Å². The number of carbonyl (C=O) groups is 1. The Morgan fingerprint density at radius 2 is 1.83 bits per heavy atom. The molecule has 0 aliphatic carbocycles. The van der Waals surface area contributed by atoms with Crippen LogP contribution in [0.3, 0.4) is 0 Å². The molecule has 116 valence electrons. The highest BCUT2D eigenvalue weighted by molar-refractivity contribution is 5.90. The van der Waals surface area contributed by atoms with Gasteiger partial charge in [-0.3, -0.25) is 5.32 Å². The molecule has 2 N–H and O–H groups in total. The van der Waals surface area contributed by atoms with Gasteiger partial charge in [0.15, 0.2) is 5.75 Å². The summed E-state index contributed by atoms with van der Waals surface area (Å²) in [4.78, 5) is 12.0. The number of amides is 1. The molecule has 3 aromatic rings. The van der Waals surface area contributed by atoms with Crippen molar-refractivity contribution in [1.29, 1.82) is 0 Å². The maximum absolute atomic E-state index is 12.0. The molecular weight excluding hydrogens is 298 g/mol. The number of methoxy groups -OCH3 is 1. The number of benzene rings is 2. The lowest BCUT2D eigenvalue weighted by Gasteiger charge is -2.10. The Hall–Kier alpha value is -3.35. The number of hydrogen-bond acceptors (Lipinski definition) is 6. The van der Waals surface area contributed by atoms with E-state index in [2.05, 4.69) is 15.5 Å². The van der Waals surface area contributed by atoms with E-state index in [9.17, 15) is 9.90 Å².